The van der Waals surface area contributed by atoms with Gasteiger partial charge < -0.3 is 10.6 Å². The molecule has 0 unspecified atom stereocenters. The van der Waals surface area contributed by atoms with Crippen molar-refractivity contribution < 1.29 is 4.79 Å². The zero-order valence-corrected chi connectivity index (χ0v) is 14.2. The van der Waals surface area contributed by atoms with Gasteiger partial charge in [0.1, 0.15) is 0 Å². The maximum Gasteiger partial charge on any atom is 0.262 e. The number of carbonyl (C=O) groups excluding carboxylic acids is 1. The molecule has 1 atom stereocenters. The number of rotatable bonds is 3. The number of hydrogen-bond donors (Lipinski definition) is 2. The van der Waals surface area contributed by atoms with E-state index in [9.17, 15) is 4.79 Å². The van der Waals surface area contributed by atoms with Crippen LogP contribution < -0.4 is 10.6 Å². The van der Waals surface area contributed by atoms with Crippen molar-refractivity contribution in [2.45, 2.75) is 25.8 Å². The molecule has 2 heterocycles. The van der Waals surface area contributed by atoms with Crippen LogP contribution in [0.1, 0.15) is 28.1 Å². The second kappa shape index (κ2) is 7.77. The second-order valence-electron chi connectivity index (χ2n) is 5.55. The Morgan fingerprint density at radius 2 is 2.05 bits per heavy atom. The van der Waals surface area contributed by atoms with Crippen LogP contribution in [0.4, 0.5) is 0 Å². The summed E-state index contributed by atoms with van der Waals surface area (Å²) in [5.74, 6) is 0.0503. The molecule has 1 amide bonds. The van der Waals surface area contributed by atoms with E-state index < -0.39 is 0 Å². The standard InChI is InChI=1S/C17H20N2OS.ClH/c1-12-4-6-13(7-5-12)15-8-10-21-16(15)17(20)19-14-3-2-9-18-11-14;/h4-8,10,14,18H,2-3,9,11H2,1H3,(H,19,20);1H/t14-;/m0./s1. The molecule has 5 heteroatoms. The smallest absolute Gasteiger partial charge is 0.262 e. The van der Waals surface area contributed by atoms with Gasteiger partial charge in [-0.1, -0.05) is 29.8 Å². The molecule has 0 saturated carbocycles. The van der Waals surface area contributed by atoms with Crippen LogP contribution in [0, 0.1) is 6.92 Å². The minimum Gasteiger partial charge on any atom is -0.347 e. The van der Waals surface area contributed by atoms with Crippen LogP contribution in [-0.2, 0) is 0 Å². The van der Waals surface area contributed by atoms with Gasteiger partial charge in [0.05, 0.1) is 4.88 Å². The normalized spacial score (nSPS) is 17.6. The third-order valence-corrected chi connectivity index (χ3v) is 4.78. The van der Waals surface area contributed by atoms with E-state index in [2.05, 4.69) is 41.8 Å². The van der Waals surface area contributed by atoms with Crippen LogP contribution in [-0.4, -0.2) is 25.0 Å². The van der Waals surface area contributed by atoms with E-state index >= 15 is 0 Å². The predicted octanol–water partition coefficient (Wildman–Crippen LogP) is 3.63. The van der Waals surface area contributed by atoms with Gasteiger partial charge in [-0.05, 0) is 43.3 Å². The molecule has 0 bridgehead atoms. The summed E-state index contributed by atoms with van der Waals surface area (Å²) < 4.78 is 0. The van der Waals surface area contributed by atoms with Crippen molar-refractivity contribution in [2.75, 3.05) is 13.1 Å². The summed E-state index contributed by atoms with van der Waals surface area (Å²) in [6.45, 7) is 4.00. The first-order chi connectivity index (χ1) is 10.2. The first-order valence-electron chi connectivity index (χ1n) is 7.40. The van der Waals surface area contributed by atoms with Crippen molar-refractivity contribution in [1.82, 2.24) is 10.6 Å². The molecule has 22 heavy (non-hydrogen) atoms. The highest BCUT2D eigenvalue weighted by Crippen LogP contribution is 2.28. The average Bonchev–Trinajstić information content (AvgIpc) is 2.98. The van der Waals surface area contributed by atoms with Crippen molar-refractivity contribution in [3.8, 4) is 11.1 Å². The molecule has 1 aromatic heterocycles. The Labute approximate surface area is 141 Å². The highest BCUT2D eigenvalue weighted by Gasteiger charge is 2.19. The van der Waals surface area contributed by atoms with Gasteiger partial charge in [-0.2, -0.15) is 0 Å². The van der Waals surface area contributed by atoms with Gasteiger partial charge in [-0.25, -0.2) is 0 Å². The van der Waals surface area contributed by atoms with Crippen molar-refractivity contribution >= 4 is 29.7 Å². The lowest BCUT2D eigenvalue weighted by Gasteiger charge is -2.23. The number of hydrogen-bond acceptors (Lipinski definition) is 3. The van der Waals surface area contributed by atoms with Crippen molar-refractivity contribution in [3.05, 3.63) is 46.2 Å². The van der Waals surface area contributed by atoms with Gasteiger partial charge in [-0.3, -0.25) is 4.79 Å². The zero-order chi connectivity index (χ0) is 14.7. The van der Waals surface area contributed by atoms with Gasteiger partial charge in [-0.15, -0.1) is 23.7 Å². The van der Waals surface area contributed by atoms with Gasteiger partial charge in [0, 0.05) is 18.2 Å². The molecule has 1 saturated heterocycles. The highest BCUT2D eigenvalue weighted by atomic mass is 35.5. The minimum atomic E-state index is 0. The van der Waals surface area contributed by atoms with Crippen molar-refractivity contribution in [1.29, 1.82) is 0 Å². The van der Waals surface area contributed by atoms with E-state index in [0.717, 1.165) is 41.9 Å². The Morgan fingerprint density at radius 3 is 2.73 bits per heavy atom. The van der Waals surface area contributed by atoms with E-state index in [1.54, 1.807) is 0 Å². The third-order valence-electron chi connectivity index (χ3n) is 3.87. The predicted molar refractivity (Wildman–Crippen MR) is 95.1 cm³/mol. The first kappa shape index (κ1) is 17.0. The number of benzene rings is 1. The number of amides is 1. The molecule has 1 aromatic carbocycles. The lowest BCUT2D eigenvalue weighted by molar-refractivity contribution is 0.0935. The number of nitrogens with one attached hydrogen (secondary N) is 2. The fourth-order valence-corrected chi connectivity index (χ4v) is 3.49. The van der Waals surface area contributed by atoms with Gasteiger partial charge >= 0.3 is 0 Å². The summed E-state index contributed by atoms with van der Waals surface area (Å²) in [6, 6.07) is 10.6. The summed E-state index contributed by atoms with van der Waals surface area (Å²) in [5.41, 5.74) is 3.36. The summed E-state index contributed by atoms with van der Waals surface area (Å²) in [4.78, 5) is 13.3. The molecule has 3 rings (SSSR count). The quantitative estimate of drug-likeness (QED) is 0.898. The molecule has 0 aliphatic carbocycles. The summed E-state index contributed by atoms with van der Waals surface area (Å²) >= 11 is 1.51. The molecule has 3 nitrogen and oxygen atoms in total. The molecule has 1 aliphatic heterocycles. The van der Waals surface area contributed by atoms with E-state index in [4.69, 9.17) is 0 Å². The van der Waals surface area contributed by atoms with Crippen LogP contribution in [0.5, 0.6) is 0 Å². The molecule has 0 spiro atoms. The maximum atomic E-state index is 12.5. The van der Waals surface area contributed by atoms with Gasteiger partial charge in [0.15, 0.2) is 0 Å². The fourth-order valence-electron chi connectivity index (χ4n) is 2.67. The zero-order valence-electron chi connectivity index (χ0n) is 12.6. The average molecular weight is 337 g/mol. The van der Waals surface area contributed by atoms with Gasteiger partial charge in [0.2, 0.25) is 0 Å². The van der Waals surface area contributed by atoms with Crippen LogP contribution >= 0.6 is 23.7 Å². The van der Waals surface area contributed by atoms with Crippen molar-refractivity contribution in [3.63, 3.8) is 0 Å². The Bertz CT molecular complexity index is 618. The molecule has 118 valence electrons. The number of thiophene rings is 1. The van der Waals surface area contributed by atoms with Crippen molar-refractivity contribution in [2.24, 2.45) is 0 Å². The van der Waals surface area contributed by atoms with Crippen LogP contribution in [0.15, 0.2) is 35.7 Å². The van der Waals surface area contributed by atoms with Crippen LogP contribution in [0.3, 0.4) is 0 Å². The summed E-state index contributed by atoms with van der Waals surface area (Å²) in [7, 11) is 0. The number of aryl methyl sites for hydroxylation is 1. The molecule has 1 fully saturated rings. The largest absolute Gasteiger partial charge is 0.347 e. The first-order valence-corrected chi connectivity index (χ1v) is 8.28. The molecular weight excluding hydrogens is 316 g/mol. The van der Waals surface area contributed by atoms with E-state index in [1.165, 1.54) is 16.9 Å². The lowest BCUT2D eigenvalue weighted by atomic mass is 10.0. The van der Waals surface area contributed by atoms with Gasteiger partial charge in [0.25, 0.3) is 5.91 Å². The number of halogens is 1. The Kier molecular flexibility index (Phi) is 6.00. The Morgan fingerprint density at radius 1 is 1.27 bits per heavy atom. The Hall–Kier alpha value is -1.36. The molecule has 2 N–H and O–H groups in total. The van der Waals surface area contributed by atoms with Crippen LogP contribution in [0.25, 0.3) is 11.1 Å². The number of carbonyl (C=O) groups is 1. The monoisotopic (exact) mass is 336 g/mol. The maximum absolute atomic E-state index is 12.5. The van der Waals surface area contributed by atoms with E-state index in [1.807, 2.05) is 11.4 Å². The number of piperidine rings is 1. The molecule has 1 aliphatic rings. The lowest BCUT2D eigenvalue weighted by Crippen LogP contribution is -2.45. The van der Waals surface area contributed by atoms with E-state index in [-0.39, 0.29) is 24.4 Å². The molecule has 2 aromatic rings. The second-order valence-corrected chi connectivity index (χ2v) is 6.46. The summed E-state index contributed by atoms with van der Waals surface area (Å²) in [6.07, 6.45) is 2.18. The Balaban J connectivity index is 0.00000176. The SMILES string of the molecule is Cc1ccc(-c2ccsc2C(=O)N[C@H]2CCCNC2)cc1.Cl. The third kappa shape index (κ3) is 3.88. The highest BCUT2D eigenvalue weighted by molar-refractivity contribution is 7.12. The molecular formula is C17H21ClN2OS. The molecule has 0 radical (unpaired) electrons. The minimum absolute atomic E-state index is 0. The van der Waals surface area contributed by atoms with Crippen LogP contribution in [0.2, 0.25) is 0 Å². The topological polar surface area (TPSA) is 41.1 Å². The van der Waals surface area contributed by atoms with E-state index in [0.29, 0.717) is 0 Å². The summed E-state index contributed by atoms with van der Waals surface area (Å²) in [5, 5.41) is 8.47. The fraction of sp³-hybridized carbons (Fsp3) is 0.353.